The van der Waals surface area contributed by atoms with Crippen molar-refractivity contribution in [3.05, 3.63) is 170 Å². The van der Waals surface area contributed by atoms with Gasteiger partial charge in [-0.15, -0.1) is 0 Å². The number of carbonyl (C=O) groups is 3. The molecular weight excluding hydrogens is 1010 g/mol. The van der Waals surface area contributed by atoms with Crippen LogP contribution >= 0.6 is 0 Å². The van der Waals surface area contributed by atoms with E-state index >= 15 is 0 Å². The average Bonchev–Trinajstić information content (AvgIpc) is 3.47. The molecule has 6 nitrogen and oxygen atoms in total. The molecule has 0 radical (unpaired) electrons. The minimum absolute atomic E-state index is 0.111. The van der Waals surface area contributed by atoms with Crippen molar-refractivity contribution in [2.75, 3.05) is 13.2 Å². The lowest BCUT2D eigenvalue weighted by molar-refractivity contribution is -0.167. The first-order chi connectivity index (χ1) is 40.5. The van der Waals surface area contributed by atoms with E-state index in [1.165, 1.54) is 77.0 Å². The van der Waals surface area contributed by atoms with Gasteiger partial charge in [0.05, 0.1) is 0 Å². The Bertz CT molecular complexity index is 1870. The van der Waals surface area contributed by atoms with Gasteiger partial charge < -0.3 is 14.2 Å². The number of unbranched alkanes of at least 4 members (excludes halogenated alkanes) is 19. The molecule has 0 aliphatic heterocycles. The summed E-state index contributed by atoms with van der Waals surface area (Å²) in [6.45, 7) is 6.29. The normalized spacial score (nSPS) is 13.3. The number of hydrogen-bond donors (Lipinski definition) is 0. The third-order valence-electron chi connectivity index (χ3n) is 13.4. The van der Waals surface area contributed by atoms with E-state index in [-0.39, 0.29) is 37.5 Å². The molecule has 0 saturated carbocycles. The molecule has 0 rings (SSSR count). The van der Waals surface area contributed by atoms with E-state index in [9.17, 15) is 14.4 Å². The quantitative estimate of drug-likeness (QED) is 0.0261. The molecule has 0 N–H and O–H groups in total. The molecule has 0 aromatic heterocycles. The Kier molecular flexibility index (Phi) is 63.9. The third-order valence-corrected chi connectivity index (χ3v) is 13.4. The molecule has 0 amide bonds. The van der Waals surface area contributed by atoms with Gasteiger partial charge in [-0.1, -0.05) is 281 Å². The summed E-state index contributed by atoms with van der Waals surface area (Å²) in [6.07, 6.45) is 101. The van der Waals surface area contributed by atoms with Gasteiger partial charge in [0.2, 0.25) is 0 Å². The first-order valence-electron chi connectivity index (χ1n) is 33.1. The van der Waals surface area contributed by atoms with E-state index in [4.69, 9.17) is 14.2 Å². The number of esters is 3. The van der Waals surface area contributed by atoms with E-state index in [1.54, 1.807) is 0 Å². The maximum atomic E-state index is 12.9. The Labute approximate surface area is 504 Å². The molecule has 0 bridgehead atoms. The van der Waals surface area contributed by atoms with Gasteiger partial charge in [-0.05, 0) is 141 Å². The van der Waals surface area contributed by atoms with E-state index in [2.05, 4.69) is 191 Å². The summed E-state index contributed by atoms with van der Waals surface area (Å²) in [5.41, 5.74) is 0. The van der Waals surface area contributed by atoms with Crippen molar-refractivity contribution in [3.8, 4) is 0 Å². The molecule has 0 aromatic carbocycles. The standard InChI is InChI=1S/C76H120O6/c1-4-7-10-13-16-19-22-24-26-28-30-32-34-35-36-37-38-39-40-41-43-44-46-48-50-52-54-57-60-63-66-69-75(78)81-72-73(71-80-74(77)68-65-62-59-56-21-18-15-12-9-6-3)82-76(79)70-67-64-61-58-55-53-51-49-47-45-42-33-31-29-27-25-23-20-17-14-11-8-5-2/h7-8,10-12,15-17,19-20,24-27,30-33,35-36,38-39,45,47,51,53,58,61,73H,4-6,9,13-14,18,21-23,28-29,34,37,40-44,46,48-50,52,54-57,59-60,62-72H2,1-3H3/b10-7-,11-8-,15-12-,19-16-,20-17-,26-24-,27-25-,32-30-,33-31-,36-35-,39-38-,47-45-,53-51-,61-58-. The van der Waals surface area contributed by atoms with Crippen LogP contribution in [0.4, 0.5) is 0 Å². The van der Waals surface area contributed by atoms with Gasteiger partial charge in [0.15, 0.2) is 6.10 Å². The van der Waals surface area contributed by atoms with E-state index in [0.717, 1.165) is 148 Å². The summed E-state index contributed by atoms with van der Waals surface area (Å²) in [5, 5.41) is 0. The summed E-state index contributed by atoms with van der Waals surface area (Å²) in [4.78, 5) is 38.2. The van der Waals surface area contributed by atoms with Gasteiger partial charge in [0, 0.05) is 19.3 Å². The summed E-state index contributed by atoms with van der Waals surface area (Å²) >= 11 is 0. The summed E-state index contributed by atoms with van der Waals surface area (Å²) in [6, 6.07) is 0. The van der Waals surface area contributed by atoms with E-state index in [0.29, 0.717) is 19.3 Å². The molecular formula is C76H120O6. The van der Waals surface area contributed by atoms with Gasteiger partial charge in [0.1, 0.15) is 13.2 Å². The predicted octanol–water partition coefficient (Wildman–Crippen LogP) is 23.0. The highest BCUT2D eigenvalue weighted by Gasteiger charge is 2.19. The highest BCUT2D eigenvalue weighted by atomic mass is 16.6. The lowest BCUT2D eigenvalue weighted by atomic mass is 10.0. The Morgan fingerprint density at radius 3 is 0.793 bits per heavy atom. The first kappa shape index (κ1) is 76.8. The maximum absolute atomic E-state index is 12.9. The van der Waals surface area contributed by atoms with Crippen LogP contribution in [0.15, 0.2) is 170 Å². The highest BCUT2D eigenvalue weighted by molar-refractivity contribution is 5.71. The maximum Gasteiger partial charge on any atom is 0.306 e. The number of rotatable bonds is 58. The minimum Gasteiger partial charge on any atom is -0.462 e. The fourth-order valence-corrected chi connectivity index (χ4v) is 8.56. The molecule has 1 atom stereocenters. The minimum atomic E-state index is -0.821. The summed E-state index contributed by atoms with van der Waals surface area (Å²) < 4.78 is 16.8. The smallest absolute Gasteiger partial charge is 0.306 e. The van der Waals surface area contributed by atoms with Crippen LogP contribution in [0.3, 0.4) is 0 Å². The predicted molar refractivity (Wildman–Crippen MR) is 357 cm³/mol. The Balaban J connectivity index is 4.32. The lowest BCUT2D eigenvalue weighted by Gasteiger charge is -2.18. The van der Waals surface area contributed by atoms with Crippen molar-refractivity contribution in [1.82, 2.24) is 0 Å². The van der Waals surface area contributed by atoms with Crippen LogP contribution < -0.4 is 0 Å². The van der Waals surface area contributed by atoms with Crippen molar-refractivity contribution >= 4 is 17.9 Å². The number of hydrogen-bond acceptors (Lipinski definition) is 6. The highest BCUT2D eigenvalue weighted by Crippen LogP contribution is 2.15. The Morgan fingerprint density at radius 2 is 0.488 bits per heavy atom. The number of allylic oxidation sites excluding steroid dienone is 28. The van der Waals surface area contributed by atoms with Gasteiger partial charge >= 0.3 is 17.9 Å². The van der Waals surface area contributed by atoms with Crippen molar-refractivity contribution in [2.24, 2.45) is 0 Å². The fourth-order valence-electron chi connectivity index (χ4n) is 8.56. The molecule has 0 spiro atoms. The molecule has 1 unspecified atom stereocenters. The zero-order chi connectivity index (χ0) is 59.2. The van der Waals surface area contributed by atoms with Crippen LogP contribution in [0.2, 0.25) is 0 Å². The summed E-state index contributed by atoms with van der Waals surface area (Å²) in [5.74, 6) is -0.988. The molecule has 0 fully saturated rings. The van der Waals surface area contributed by atoms with Crippen molar-refractivity contribution in [3.63, 3.8) is 0 Å². The van der Waals surface area contributed by atoms with Gasteiger partial charge in [-0.3, -0.25) is 14.4 Å². The van der Waals surface area contributed by atoms with Gasteiger partial charge in [0.25, 0.3) is 0 Å². The van der Waals surface area contributed by atoms with Crippen LogP contribution in [-0.4, -0.2) is 37.2 Å². The van der Waals surface area contributed by atoms with Crippen molar-refractivity contribution in [2.45, 2.75) is 277 Å². The Morgan fingerprint density at radius 1 is 0.256 bits per heavy atom. The zero-order valence-corrected chi connectivity index (χ0v) is 52.7. The van der Waals surface area contributed by atoms with Crippen molar-refractivity contribution in [1.29, 1.82) is 0 Å². The monoisotopic (exact) mass is 1130 g/mol. The average molecular weight is 1130 g/mol. The second kappa shape index (κ2) is 68.3. The SMILES string of the molecule is CC/C=C\C/C=C\C/C=C\C/C=C\C/C=C\C/C=C\C/C=C\CCCC(=O)OC(COC(=O)CCCCCCC/C=C\CCC)COC(=O)CCCCCCCCCCCCCC/C=C\C/C=C\C/C=C\C/C=C\C/C=C\C/C=C\CC. The van der Waals surface area contributed by atoms with Crippen LogP contribution in [0.1, 0.15) is 271 Å². The van der Waals surface area contributed by atoms with Crippen LogP contribution in [-0.2, 0) is 28.6 Å². The second-order valence-corrected chi connectivity index (χ2v) is 21.3. The lowest BCUT2D eigenvalue weighted by Crippen LogP contribution is -2.30. The summed E-state index contributed by atoms with van der Waals surface area (Å²) in [7, 11) is 0. The van der Waals surface area contributed by atoms with Crippen LogP contribution in [0, 0.1) is 0 Å². The molecule has 460 valence electrons. The molecule has 82 heavy (non-hydrogen) atoms. The van der Waals surface area contributed by atoms with E-state index in [1.807, 2.05) is 0 Å². The number of ether oxygens (including phenoxy) is 3. The van der Waals surface area contributed by atoms with Crippen molar-refractivity contribution < 1.29 is 28.6 Å². The Hall–Kier alpha value is -5.23. The molecule has 0 aliphatic rings. The van der Waals surface area contributed by atoms with Gasteiger partial charge in [-0.25, -0.2) is 0 Å². The van der Waals surface area contributed by atoms with Crippen LogP contribution in [0.5, 0.6) is 0 Å². The topological polar surface area (TPSA) is 78.9 Å². The molecule has 0 saturated heterocycles. The fraction of sp³-hybridized carbons (Fsp3) is 0.592. The molecule has 0 aliphatic carbocycles. The number of carbonyl (C=O) groups excluding carboxylic acids is 3. The van der Waals surface area contributed by atoms with Gasteiger partial charge in [-0.2, -0.15) is 0 Å². The zero-order valence-electron chi connectivity index (χ0n) is 52.7. The largest absolute Gasteiger partial charge is 0.462 e. The molecule has 6 heteroatoms. The third kappa shape index (κ3) is 65.6. The molecule has 0 aromatic rings. The second-order valence-electron chi connectivity index (χ2n) is 21.3. The van der Waals surface area contributed by atoms with Crippen LogP contribution in [0.25, 0.3) is 0 Å². The molecule has 0 heterocycles. The first-order valence-corrected chi connectivity index (χ1v) is 33.1. The van der Waals surface area contributed by atoms with E-state index < -0.39 is 6.10 Å².